The van der Waals surface area contributed by atoms with E-state index in [2.05, 4.69) is 183 Å². The molecule has 0 radical (unpaired) electrons. The predicted octanol–water partition coefficient (Wildman–Crippen LogP) is 23.3. The molecule has 0 spiro atoms. The Morgan fingerprint density at radius 3 is 0.769 bits per heavy atom. The van der Waals surface area contributed by atoms with E-state index in [1.54, 1.807) is 74.1 Å². The Hall–Kier alpha value is -16.5. The molecule has 0 N–H and O–H groups in total. The Labute approximate surface area is 674 Å². The molecule has 0 aliphatic heterocycles. The van der Waals surface area contributed by atoms with Crippen LogP contribution in [0.1, 0.15) is 0 Å². The first-order valence-corrected chi connectivity index (χ1v) is 37.4. The summed E-state index contributed by atoms with van der Waals surface area (Å²) in [5.41, 5.74) is 31.1. The van der Waals surface area contributed by atoms with E-state index in [0.717, 1.165) is 179 Å². The van der Waals surface area contributed by atoms with Gasteiger partial charge in [0.1, 0.15) is 5.82 Å². The number of pyridine rings is 15. The van der Waals surface area contributed by atoms with Crippen molar-refractivity contribution in [2.75, 3.05) is 0 Å². The fraction of sp³-hybridized carbons (Fsp3) is 0. The standard InChI is InChI=1S/C37H24FN5.C32H20N6.C31H21N5/c38-35-6-4-25(5-7-35)28-15-29(31-18-33(23-40-21-31)36-3-1-2-11-42-36)17-30(16-28)32-19-34(24-41-22-32)37-20-27(10-14-43-37)26-8-12-39-13-9-26;1-33-30-15-27(18-36-21-30)24-11-22(25-13-28(19-34-16-25)31-6-2-4-8-37-31)10-23(12-24)26-14-29(20-35-17-26)32-7-3-5-9-38-32;1-3-10-35-30(7-1)28-15-26(18-33-20-28)24-12-23(22-6-5-9-32-17-22)13-25(14-24)27-16-29(21-34-19-27)31-8-2-4-11-36-31/h1-24H;2-21H;1-21H. The summed E-state index contributed by atoms with van der Waals surface area (Å²) < 4.78 is 13.8. The van der Waals surface area contributed by atoms with E-state index in [9.17, 15) is 4.39 Å². The molecule has 15 aromatic heterocycles. The maximum Gasteiger partial charge on any atom is 0.205 e. The van der Waals surface area contributed by atoms with Gasteiger partial charge in [-0.2, -0.15) is 0 Å². The summed E-state index contributed by atoms with van der Waals surface area (Å²) in [7, 11) is 0. The Morgan fingerprint density at radius 2 is 0.444 bits per heavy atom. The van der Waals surface area contributed by atoms with Gasteiger partial charge in [0.25, 0.3) is 0 Å². The Morgan fingerprint density at radius 1 is 0.171 bits per heavy atom. The van der Waals surface area contributed by atoms with Crippen molar-refractivity contribution in [1.29, 1.82) is 0 Å². The molecule has 117 heavy (non-hydrogen) atoms. The van der Waals surface area contributed by atoms with Crippen molar-refractivity contribution < 1.29 is 4.39 Å². The van der Waals surface area contributed by atoms with Crippen molar-refractivity contribution in [2.24, 2.45) is 0 Å². The molecule has 0 amide bonds. The highest BCUT2D eigenvalue weighted by atomic mass is 19.1. The molecule has 0 saturated heterocycles. The Kier molecular flexibility index (Phi) is 21.9. The summed E-state index contributed by atoms with van der Waals surface area (Å²) in [5.74, 6) is -0.272. The Bertz CT molecular complexity index is 6510. The molecule has 0 bridgehead atoms. The normalized spacial score (nSPS) is 10.8. The van der Waals surface area contributed by atoms with Crippen LogP contribution >= 0.6 is 0 Å². The van der Waals surface area contributed by atoms with E-state index in [-0.39, 0.29) is 5.82 Å². The van der Waals surface area contributed by atoms with Gasteiger partial charge in [-0.3, -0.25) is 74.8 Å². The van der Waals surface area contributed by atoms with Gasteiger partial charge < -0.3 is 0 Å². The van der Waals surface area contributed by atoms with Gasteiger partial charge >= 0.3 is 0 Å². The first-order chi connectivity index (χ1) is 57.8. The smallest absolute Gasteiger partial charge is 0.205 e. The number of aromatic nitrogens is 15. The zero-order valence-electron chi connectivity index (χ0n) is 62.6. The molecule has 15 heterocycles. The second-order valence-electron chi connectivity index (χ2n) is 27.2. The molecule has 552 valence electrons. The lowest BCUT2D eigenvalue weighted by Gasteiger charge is -2.13. The van der Waals surface area contributed by atoms with Crippen molar-refractivity contribution in [3.8, 4) is 179 Å². The highest BCUT2D eigenvalue weighted by Gasteiger charge is 2.17. The van der Waals surface area contributed by atoms with E-state index < -0.39 is 0 Å². The van der Waals surface area contributed by atoms with Crippen molar-refractivity contribution in [2.45, 2.75) is 0 Å². The second-order valence-corrected chi connectivity index (χ2v) is 27.2. The third kappa shape index (κ3) is 17.7. The summed E-state index contributed by atoms with van der Waals surface area (Å²) in [6.45, 7) is 7.42. The zero-order chi connectivity index (χ0) is 78.9. The first kappa shape index (κ1) is 73.4. The van der Waals surface area contributed by atoms with Gasteiger partial charge in [0.15, 0.2) is 0 Å². The minimum atomic E-state index is -0.272. The summed E-state index contributed by atoms with van der Waals surface area (Å²) in [6.07, 6.45) is 43.5. The van der Waals surface area contributed by atoms with E-state index in [1.807, 2.05) is 208 Å². The lowest BCUT2D eigenvalue weighted by Crippen LogP contribution is -1.91. The molecule has 19 aromatic rings. The van der Waals surface area contributed by atoms with Crippen LogP contribution in [0.4, 0.5) is 10.1 Å². The van der Waals surface area contributed by atoms with Crippen LogP contribution < -0.4 is 0 Å². The van der Waals surface area contributed by atoms with Gasteiger partial charge in [0.05, 0.1) is 40.7 Å². The fourth-order valence-corrected chi connectivity index (χ4v) is 13.6. The summed E-state index contributed by atoms with van der Waals surface area (Å²) >= 11 is 0. The van der Waals surface area contributed by atoms with Crippen LogP contribution in [0.2, 0.25) is 0 Å². The zero-order valence-corrected chi connectivity index (χ0v) is 62.6. The monoisotopic (exact) mass is 1510 g/mol. The molecule has 0 atom stereocenters. The quantitative estimate of drug-likeness (QED) is 0.0827. The first-order valence-electron chi connectivity index (χ1n) is 37.4. The molecule has 19 rings (SSSR count). The van der Waals surface area contributed by atoms with Crippen LogP contribution in [-0.4, -0.2) is 74.8 Å². The second kappa shape index (κ2) is 34.9. The summed E-state index contributed by atoms with van der Waals surface area (Å²) in [4.78, 5) is 70.6. The number of hydrogen-bond donors (Lipinski definition) is 0. The highest BCUT2D eigenvalue weighted by molar-refractivity contribution is 5.87. The third-order valence-electron chi connectivity index (χ3n) is 19.5. The lowest BCUT2D eigenvalue weighted by atomic mass is 9.93. The van der Waals surface area contributed by atoms with Crippen LogP contribution in [-0.2, 0) is 0 Å². The molecular formula is C100H65FN16. The minimum Gasteiger partial charge on any atom is -0.276 e. The molecule has 0 aliphatic rings. The molecular weight excluding hydrogens is 1440 g/mol. The fourth-order valence-electron chi connectivity index (χ4n) is 13.6. The van der Waals surface area contributed by atoms with Gasteiger partial charge in [-0.1, -0.05) is 48.5 Å². The van der Waals surface area contributed by atoms with Crippen LogP contribution in [0.25, 0.3) is 184 Å². The van der Waals surface area contributed by atoms with Crippen LogP contribution in [0.3, 0.4) is 0 Å². The number of rotatable bonds is 16. The van der Waals surface area contributed by atoms with Gasteiger partial charge in [0.2, 0.25) is 5.69 Å². The van der Waals surface area contributed by atoms with Crippen LogP contribution in [0.5, 0.6) is 0 Å². The Balaban J connectivity index is 0.000000127. The molecule has 0 saturated carbocycles. The highest BCUT2D eigenvalue weighted by Crippen LogP contribution is 2.40. The average molecular weight is 1510 g/mol. The SMILES string of the molecule is Fc1ccc(-c2cc(-c3cncc(-c4ccccn4)c3)cc(-c3cncc(-c4cc(-c5ccncc5)ccn4)c3)c2)cc1.[C-]#[N+]c1cncc(-c2cc(-c3cncc(-c4ccccn4)c3)cc(-c3cncc(-c4ccccn4)c3)c2)c1.c1ccc(-c2cncc(-c3cc(-c4cccnc4)cc(-c4cncc(-c5ccccn5)c4)c3)c2)nc1. The van der Waals surface area contributed by atoms with Crippen molar-refractivity contribution >= 4 is 5.69 Å². The van der Waals surface area contributed by atoms with E-state index in [1.165, 1.54) is 12.1 Å². The van der Waals surface area contributed by atoms with Gasteiger partial charge in [-0.25, -0.2) is 9.24 Å². The van der Waals surface area contributed by atoms with E-state index >= 15 is 0 Å². The van der Waals surface area contributed by atoms with Crippen molar-refractivity contribution in [3.63, 3.8) is 0 Å². The summed E-state index contributed by atoms with van der Waals surface area (Å²) in [5, 5.41) is 0. The maximum absolute atomic E-state index is 13.8. The minimum absolute atomic E-state index is 0.272. The number of hydrogen-bond acceptors (Lipinski definition) is 15. The van der Waals surface area contributed by atoms with Crippen molar-refractivity contribution in [1.82, 2.24) is 74.8 Å². The number of nitrogens with zero attached hydrogens (tertiary/aromatic N) is 16. The van der Waals surface area contributed by atoms with E-state index in [4.69, 9.17) is 6.57 Å². The summed E-state index contributed by atoms with van der Waals surface area (Å²) in [6, 6.07) is 81.6. The molecule has 16 nitrogen and oxygen atoms in total. The van der Waals surface area contributed by atoms with Gasteiger partial charge in [-0.15, -0.1) is 0 Å². The molecule has 0 fully saturated rings. The third-order valence-corrected chi connectivity index (χ3v) is 19.5. The van der Waals surface area contributed by atoms with E-state index in [0.29, 0.717) is 5.69 Å². The molecule has 0 unspecified atom stereocenters. The predicted molar refractivity (Wildman–Crippen MR) is 459 cm³/mol. The number of halogens is 1. The maximum atomic E-state index is 13.8. The topological polar surface area (TPSA) is 198 Å². The van der Waals surface area contributed by atoms with Gasteiger partial charge in [0, 0.05) is 221 Å². The largest absolute Gasteiger partial charge is 0.276 e. The van der Waals surface area contributed by atoms with Gasteiger partial charge in [-0.05, 0) is 273 Å². The number of benzene rings is 4. The van der Waals surface area contributed by atoms with Crippen LogP contribution in [0, 0.1) is 12.4 Å². The average Bonchev–Trinajstić information content (AvgIpc) is 0.794. The van der Waals surface area contributed by atoms with Crippen LogP contribution in [0.15, 0.2) is 397 Å². The van der Waals surface area contributed by atoms with Crippen molar-refractivity contribution in [3.05, 3.63) is 415 Å². The lowest BCUT2D eigenvalue weighted by molar-refractivity contribution is 0.628. The molecule has 17 heteroatoms. The molecule has 4 aromatic carbocycles. The molecule has 0 aliphatic carbocycles.